The van der Waals surface area contributed by atoms with Gasteiger partial charge in [0.05, 0.1) is 0 Å². The van der Waals surface area contributed by atoms with Gasteiger partial charge in [-0.25, -0.2) is 0 Å². The average Bonchev–Trinajstić information content (AvgIpc) is 2.91. The molecule has 0 radical (unpaired) electrons. The van der Waals surface area contributed by atoms with Gasteiger partial charge < -0.3 is 11.1 Å². The normalized spacial score (nSPS) is 32.9. The van der Waals surface area contributed by atoms with E-state index in [0.717, 1.165) is 25.8 Å². The molecule has 3 rings (SSSR count). The van der Waals surface area contributed by atoms with Crippen LogP contribution in [0.4, 0.5) is 0 Å². The molecule has 20 heavy (non-hydrogen) atoms. The molecule has 2 saturated carbocycles. The minimum atomic E-state index is 0.201. The van der Waals surface area contributed by atoms with Crippen molar-refractivity contribution in [1.29, 1.82) is 0 Å². The largest absolute Gasteiger partial charge is 0.356 e. The number of thiophene rings is 1. The van der Waals surface area contributed by atoms with Crippen LogP contribution in [-0.4, -0.2) is 18.5 Å². The van der Waals surface area contributed by atoms with Crippen LogP contribution in [0.2, 0.25) is 0 Å². The van der Waals surface area contributed by atoms with Crippen LogP contribution in [0.15, 0.2) is 16.8 Å². The number of nitrogens with two attached hydrogens (primary N) is 1. The molecule has 110 valence electrons. The molecule has 2 bridgehead atoms. The van der Waals surface area contributed by atoms with E-state index in [2.05, 4.69) is 22.1 Å². The highest BCUT2D eigenvalue weighted by Crippen LogP contribution is 2.41. The minimum absolute atomic E-state index is 0.201. The highest BCUT2D eigenvalue weighted by atomic mass is 32.1. The fourth-order valence-corrected chi connectivity index (χ4v) is 4.62. The van der Waals surface area contributed by atoms with Crippen LogP contribution in [-0.2, 0) is 11.2 Å². The van der Waals surface area contributed by atoms with Gasteiger partial charge in [0.1, 0.15) is 0 Å². The van der Waals surface area contributed by atoms with Crippen molar-refractivity contribution in [2.45, 2.75) is 44.6 Å². The van der Waals surface area contributed by atoms with E-state index in [9.17, 15) is 4.79 Å². The Kier molecular flexibility index (Phi) is 4.41. The number of rotatable bonds is 4. The zero-order valence-corrected chi connectivity index (χ0v) is 12.7. The molecule has 2 fully saturated rings. The molecular weight excluding hydrogens is 268 g/mol. The Morgan fingerprint density at radius 1 is 1.35 bits per heavy atom. The van der Waals surface area contributed by atoms with E-state index in [1.165, 1.54) is 24.8 Å². The molecule has 2 unspecified atom stereocenters. The number of carbonyl (C=O) groups is 1. The standard InChI is InChI=1S/C16H24N2OS/c17-15-12-2-1-3-13(15)9-14(8-12)16(19)18-6-4-11-5-7-20-10-11/h5,7,10,12-15H,1-4,6,8-9,17H2,(H,18,19). The lowest BCUT2D eigenvalue weighted by Crippen LogP contribution is -2.49. The van der Waals surface area contributed by atoms with Crippen LogP contribution in [0, 0.1) is 17.8 Å². The SMILES string of the molecule is NC1C2CCCC1CC(C(=O)NCCc1ccsc1)C2. The van der Waals surface area contributed by atoms with Crippen molar-refractivity contribution in [1.82, 2.24) is 5.32 Å². The fraction of sp³-hybridized carbons (Fsp3) is 0.688. The predicted molar refractivity (Wildman–Crippen MR) is 82.6 cm³/mol. The number of carbonyl (C=O) groups excluding carboxylic acids is 1. The number of hydrogen-bond donors (Lipinski definition) is 2. The Hall–Kier alpha value is -0.870. The number of nitrogens with one attached hydrogen (secondary N) is 1. The maximum absolute atomic E-state index is 12.3. The minimum Gasteiger partial charge on any atom is -0.356 e. The molecule has 0 saturated heterocycles. The summed E-state index contributed by atoms with van der Waals surface area (Å²) in [4.78, 5) is 12.3. The van der Waals surface area contributed by atoms with Crippen LogP contribution in [0.5, 0.6) is 0 Å². The zero-order valence-electron chi connectivity index (χ0n) is 11.9. The lowest BCUT2D eigenvalue weighted by Gasteiger charge is -2.43. The maximum atomic E-state index is 12.3. The first-order chi connectivity index (χ1) is 9.74. The third-order valence-electron chi connectivity index (χ3n) is 5.08. The second-order valence-electron chi connectivity index (χ2n) is 6.37. The lowest BCUT2D eigenvalue weighted by atomic mass is 9.65. The third kappa shape index (κ3) is 3.07. The van der Waals surface area contributed by atoms with Gasteiger partial charge in [0.15, 0.2) is 0 Å². The molecule has 3 nitrogen and oxygen atoms in total. The molecule has 3 N–H and O–H groups in total. The summed E-state index contributed by atoms with van der Waals surface area (Å²) in [6, 6.07) is 2.47. The monoisotopic (exact) mass is 292 g/mol. The molecule has 2 aliphatic carbocycles. The highest BCUT2D eigenvalue weighted by molar-refractivity contribution is 7.07. The van der Waals surface area contributed by atoms with Crippen LogP contribution in [0.1, 0.15) is 37.7 Å². The van der Waals surface area contributed by atoms with Gasteiger partial charge in [-0.2, -0.15) is 11.3 Å². The fourth-order valence-electron chi connectivity index (χ4n) is 3.91. The Morgan fingerprint density at radius 3 is 2.75 bits per heavy atom. The molecule has 4 heteroatoms. The van der Waals surface area contributed by atoms with Gasteiger partial charge in [0.25, 0.3) is 0 Å². The third-order valence-corrected chi connectivity index (χ3v) is 5.81. The van der Waals surface area contributed by atoms with Crippen molar-refractivity contribution < 1.29 is 4.79 Å². The van der Waals surface area contributed by atoms with E-state index in [1.807, 2.05) is 0 Å². The molecule has 1 heterocycles. The summed E-state index contributed by atoms with van der Waals surface area (Å²) >= 11 is 1.71. The van der Waals surface area contributed by atoms with Gasteiger partial charge in [-0.3, -0.25) is 4.79 Å². The first-order valence-electron chi connectivity index (χ1n) is 7.78. The maximum Gasteiger partial charge on any atom is 0.223 e. The van der Waals surface area contributed by atoms with Crippen molar-refractivity contribution in [2.75, 3.05) is 6.54 Å². The summed E-state index contributed by atoms with van der Waals surface area (Å²) in [6.07, 6.45) is 6.68. The van der Waals surface area contributed by atoms with Crippen LogP contribution >= 0.6 is 11.3 Å². The van der Waals surface area contributed by atoms with E-state index in [0.29, 0.717) is 17.9 Å². The van der Waals surface area contributed by atoms with Gasteiger partial charge in [0.2, 0.25) is 5.91 Å². The second kappa shape index (κ2) is 6.27. The van der Waals surface area contributed by atoms with Crippen molar-refractivity contribution in [3.8, 4) is 0 Å². The summed E-state index contributed by atoms with van der Waals surface area (Å²) in [5, 5.41) is 7.35. The molecule has 1 aromatic heterocycles. The molecule has 2 aliphatic rings. The summed E-state index contributed by atoms with van der Waals surface area (Å²) in [6.45, 7) is 0.757. The van der Waals surface area contributed by atoms with Gasteiger partial charge >= 0.3 is 0 Å². The first-order valence-corrected chi connectivity index (χ1v) is 8.72. The molecule has 1 aromatic rings. The van der Waals surface area contributed by atoms with Gasteiger partial charge in [-0.1, -0.05) is 6.42 Å². The van der Waals surface area contributed by atoms with Crippen LogP contribution in [0.25, 0.3) is 0 Å². The second-order valence-corrected chi connectivity index (χ2v) is 7.15. The Bertz CT molecular complexity index is 431. The van der Waals surface area contributed by atoms with Crippen LogP contribution < -0.4 is 11.1 Å². The Balaban J connectivity index is 1.48. The number of amides is 1. The Morgan fingerprint density at radius 2 is 2.10 bits per heavy atom. The van der Waals surface area contributed by atoms with E-state index < -0.39 is 0 Å². The first kappa shape index (κ1) is 14.1. The van der Waals surface area contributed by atoms with Gasteiger partial charge in [-0.15, -0.1) is 0 Å². The zero-order chi connectivity index (χ0) is 13.9. The highest BCUT2D eigenvalue weighted by Gasteiger charge is 2.40. The molecule has 0 spiro atoms. The molecule has 2 atom stereocenters. The summed E-state index contributed by atoms with van der Waals surface area (Å²) in [7, 11) is 0. The van der Waals surface area contributed by atoms with Crippen LogP contribution in [0.3, 0.4) is 0 Å². The van der Waals surface area contributed by atoms with Crippen molar-refractivity contribution >= 4 is 17.2 Å². The number of fused-ring (bicyclic) bond motifs is 2. The summed E-state index contributed by atoms with van der Waals surface area (Å²) in [5.41, 5.74) is 7.60. The van der Waals surface area contributed by atoms with Crippen molar-refractivity contribution in [3.63, 3.8) is 0 Å². The molecule has 0 aliphatic heterocycles. The summed E-state index contributed by atoms with van der Waals surface area (Å²) < 4.78 is 0. The van der Waals surface area contributed by atoms with E-state index >= 15 is 0 Å². The van der Waals surface area contributed by atoms with E-state index in [4.69, 9.17) is 5.73 Å². The molecule has 0 aromatic carbocycles. The van der Waals surface area contributed by atoms with Crippen molar-refractivity contribution in [2.24, 2.45) is 23.5 Å². The van der Waals surface area contributed by atoms with Gasteiger partial charge in [0, 0.05) is 18.5 Å². The lowest BCUT2D eigenvalue weighted by molar-refractivity contribution is -0.127. The number of hydrogen-bond acceptors (Lipinski definition) is 3. The average molecular weight is 292 g/mol. The van der Waals surface area contributed by atoms with E-state index in [-0.39, 0.29) is 11.8 Å². The van der Waals surface area contributed by atoms with Gasteiger partial charge in [-0.05, 0) is 66.3 Å². The topological polar surface area (TPSA) is 55.1 Å². The Labute approximate surface area is 124 Å². The predicted octanol–water partition coefficient (Wildman–Crippen LogP) is 2.56. The smallest absolute Gasteiger partial charge is 0.223 e. The molecule has 1 amide bonds. The summed E-state index contributed by atoms with van der Waals surface area (Å²) in [5.74, 6) is 1.61. The quantitative estimate of drug-likeness (QED) is 0.896. The van der Waals surface area contributed by atoms with E-state index in [1.54, 1.807) is 11.3 Å². The molecular formula is C16H24N2OS. The van der Waals surface area contributed by atoms with Crippen molar-refractivity contribution in [3.05, 3.63) is 22.4 Å².